The monoisotopic (exact) mass is 381 g/mol. The SMILES string of the molecule is O=C(C1=C(O)C(=O)N(Cc2cccs2)C1c1ccc(O)cc1)c1ccco1. The van der Waals surface area contributed by atoms with Gasteiger partial charge in [0, 0.05) is 4.88 Å². The zero-order valence-electron chi connectivity index (χ0n) is 14.0. The Balaban J connectivity index is 1.80. The molecule has 0 spiro atoms. The summed E-state index contributed by atoms with van der Waals surface area (Å²) in [5, 5.41) is 22.0. The highest BCUT2D eigenvalue weighted by molar-refractivity contribution is 7.09. The number of phenols is 1. The van der Waals surface area contributed by atoms with E-state index in [4.69, 9.17) is 4.42 Å². The molecule has 27 heavy (non-hydrogen) atoms. The Morgan fingerprint density at radius 3 is 2.52 bits per heavy atom. The molecule has 2 N–H and O–H groups in total. The number of benzene rings is 1. The van der Waals surface area contributed by atoms with Gasteiger partial charge in [0.25, 0.3) is 5.91 Å². The largest absolute Gasteiger partial charge is 0.508 e. The van der Waals surface area contributed by atoms with Gasteiger partial charge in [-0.15, -0.1) is 11.3 Å². The van der Waals surface area contributed by atoms with Crippen molar-refractivity contribution < 1.29 is 24.2 Å². The van der Waals surface area contributed by atoms with Gasteiger partial charge in [0.1, 0.15) is 5.75 Å². The molecular formula is C20H15NO5S. The maximum Gasteiger partial charge on any atom is 0.290 e. The first-order valence-electron chi connectivity index (χ1n) is 8.20. The maximum absolute atomic E-state index is 12.9. The summed E-state index contributed by atoms with van der Waals surface area (Å²) in [7, 11) is 0. The summed E-state index contributed by atoms with van der Waals surface area (Å²) in [5.41, 5.74) is 0.578. The number of Topliss-reactive ketones (excluding diaryl/α,β-unsaturated/α-hetero) is 1. The standard InChI is InChI=1S/C20H15NO5S/c22-13-7-5-12(6-8-13)17-16(18(23)15-4-1-9-26-15)19(24)20(25)21(17)11-14-3-2-10-27-14/h1-10,17,22,24H,11H2. The zero-order valence-corrected chi connectivity index (χ0v) is 14.8. The lowest BCUT2D eigenvalue weighted by Gasteiger charge is -2.26. The van der Waals surface area contributed by atoms with Crippen molar-refractivity contribution in [2.24, 2.45) is 0 Å². The van der Waals surface area contributed by atoms with Gasteiger partial charge in [0.15, 0.2) is 11.5 Å². The van der Waals surface area contributed by atoms with Crippen molar-refractivity contribution in [1.82, 2.24) is 4.90 Å². The van der Waals surface area contributed by atoms with Crippen LogP contribution in [0.3, 0.4) is 0 Å². The van der Waals surface area contributed by atoms with Crippen LogP contribution in [-0.2, 0) is 11.3 Å². The molecule has 1 aliphatic rings. The van der Waals surface area contributed by atoms with Crippen LogP contribution in [0.5, 0.6) is 5.75 Å². The first-order chi connectivity index (χ1) is 13.1. The first-order valence-corrected chi connectivity index (χ1v) is 9.08. The van der Waals surface area contributed by atoms with Gasteiger partial charge in [-0.2, -0.15) is 0 Å². The molecule has 4 rings (SSSR count). The van der Waals surface area contributed by atoms with Crippen LogP contribution in [0.1, 0.15) is 27.0 Å². The Morgan fingerprint density at radius 1 is 1.11 bits per heavy atom. The minimum atomic E-state index is -0.780. The van der Waals surface area contributed by atoms with E-state index in [0.29, 0.717) is 5.56 Å². The second-order valence-electron chi connectivity index (χ2n) is 6.08. The third kappa shape index (κ3) is 3.02. The van der Waals surface area contributed by atoms with Crippen molar-refractivity contribution in [3.8, 4) is 5.75 Å². The van der Waals surface area contributed by atoms with Gasteiger partial charge in [-0.05, 0) is 41.3 Å². The zero-order chi connectivity index (χ0) is 19.0. The van der Waals surface area contributed by atoms with Crippen molar-refractivity contribution >= 4 is 23.0 Å². The summed E-state index contributed by atoms with van der Waals surface area (Å²) >= 11 is 1.48. The molecule has 0 radical (unpaired) electrons. The number of rotatable bonds is 5. The third-order valence-corrected chi connectivity index (χ3v) is 5.27. The molecule has 136 valence electrons. The normalized spacial score (nSPS) is 17.0. The van der Waals surface area contributed by atoms with Crippen LogP contribution in [0.25, 0.3) is 0 Å². The molecule has 1 amide bonds. The van der Waals surface area contributed by atoms with E-state index in [-0.39, 0.29) is 23.6 Å². The van der Waals surface area contributed by atoms with Crippen LogP contribution in [-0.4, -0.2) is 26.8 Å². The fourth-order valence-electron chi connectivity index (χ4n) is 3.16. The van der Waals surface area contributed by atoms with Crippen LogP contribution in [0.2, 0.25) is 0 Å². The fourth-order valence-corrected chi connectivity index (χ4v) is 3.87. The molecular weight excluding hydrogens is 366 g/mol. The minimum Gasteiger partial charge on any atom is -0.508 e. The Kier molecular flexibility index (Phi) is 4.29. The van der Waals surface area contributed by atoms with Crippen molar-refractivity contribution in [2.45, 2.75) is 12.6 Å². The van der Waals surface area contributed by atoms with Gasteiger partial charge in [-0.25, -0.2) is 0 Å². The van der Waals surface area contributed by atoms with Gasteiger partial charge in [-0.3, -0.25) is 9.59 Å². The molecule has 0 saturated carbocycles. The number of aliphatic hydroxyl groups is 1. The van der Waals surface area contributed by atoms with E-state index >= 15 is 0 Å². The number of carbonyl (C=O) groups excluding carboxylic acids is 2. The molecule has 2 aromatic heterocycles. The van der Waals surface area contributed by atoms with Crippen molar-refractivity contribution in [3.05, 3.63) is 87.7 Å². The van der Waals surface area contributed by atoms with E-state index in [0.717, 1.165) is 4.88 Å². The van der Waals surface area contributed by atoms with Crippen molar-refractivity contribution in [3.63, 3.8) is 0 Å². The van der Waals surface area contributed by atoms with Crippen LogP contribution in [0, 0.1) is 0 Å². The van der Waals surface area contributed by atoms with E-state index < -0.39 is 23.5 Å². The summed E-state index contributed by atoms with van der Waals surface area (Å²) in [5.74, 6) is -1.62. The van der Waals surface area contributed by atoms with Crippen molar-refractivity contribution in [2.75, 3.05) is 0 Å². The van der Waals surface area contributed by atoms with E-state index in [9.17, 15) is 19.8 Å². The Labute approximate surface area is 158 Å². The minimum absolute atomic E-state index is 0.0304. The van der Waals surface area contributed by atoms with Crippen LogP contribution >= 0.6 is 11.3 Å². The molecule has 6 nitrogen and oxygen atoms in total. The molecule has 0 bridgehead atoms. The van der Waals surface area contributed by atoms with E-state index in [1.807, 2.05) is 17.5 Å². The van der Waals surface area contributed by atoms with Crippen molar-refractivity contribution in [1.29, 1.82) is 0 Å². The highest BCUT2D eigenvalue weighted by atomic mass is 32.1. The predicted molar refractivity (Wildman–Crippen MR) is 98.4 cm³/mol. The number of nitrogens with zero attached hydrogens (tertiary/aromatic N) is 1. The predicted octanol–water partition coefficient (Wildman–Crippen LogP) is 3.83. The molecule has 1 atom stereocenters. The number of furan rings is 1. The summed E-state index contributed by atoms with van der Waals surface area (Å²) in [4.78, 5) is 28.1. The van der Waals surface area contributed by atoms with Gasteiger partial charge >= 0.3 is 0 Å². The van der Waals surface area contributed by atoms with Gasteiger partial charge < -0.3 is 19.5 Å². The maximum atomic E-state index is 12.9. The lowest BCUT2D eigenvalue weighted by molar-refractivity contribution is -0.130. The molecule has 0 saturated heterocycles. The number of thiophene rings is 1. The van der Waals surface area contributed by atoms with E-state index in [1.165, 1.54) is 40.7 Å². The van der Waals surface area contributed by atoms with Crippen LogP contribution < -0.4 is 0 Å². The summed E-state index contributed by atoms with van der Waals surface area (Å²) < 4.78 is 5.17. The average molecular weight is 381 g/mol. The summed E-state index contributed by atoms with van der Waals surface area (Å²) in [6, 6.07) is 12.3. The quantitative estimate of drug-likeness (QED) is 0.656. The Hall–Kier alpha value is -3.32. The molecule has 0 fully saturated rings. The molecule has 7 heteroatoms. The number of carbonyl (C=O) groups is 2. The second-order valence-corrected chi connectivity index (χ2v) is 7.11. The number of hydrogen-bond donors (Lipinski definition) is 2. The molecule has 3 heterocycles. The lowest BCUT2D eigenvalue weighted by atomic mass is 9.95. The molecule has 1 aromatic carbocycles. The van der Waals surface area contributed by atoms with E-state index in [1.54, 1.807) is 18.2 Å². The Morgan fingerprint density at radius 2 is 1.89 bits per heavy atom. The number of aromatic hydroxyl groups is 1. The van der Waals surface area contributed by atoms with Gasteiger partial charge in [-0.1, -0.05) is 18.2 Å². The summed E-state index contributed by atoms with van der Waals surface area (Å²) in [6.07, 6.45) is 1.36. The highest BCUT2D eigenvalue weighted by Crippen LogP contribution is 2.40. The smallest absolute Gasteiger partial charge is 0.290 e. The molecule has 0 aliphatic carbocycles. The number of aliphatic hydroxyl groups excluding tert-OH is 1. The Bertz CT molecular complexity index is 1000. The van der Waals surface area contributed by atoms with E-state index in [2.05, 4.69) is 0 Å². The fraction of sp³-hybridized carbons (Fsp3) is 0.100. The highest BCUT2D eigenvalue weighted by Gasteiger charge is 2.44. The number of amides is 1. The number of ketones is 1. The first kappa shape index (κ1) is 17.1. The van der Waals surface area contributed by atoms with Crippen LogP contribution in [0.15, 0.2) is 75.9 Å². The van der Waals surface area contributed by atoms with Crippen LogP contribution in [0.4, 0.5) is 0 Å². The average Bonchev–Trinajstić information content (AvgIpc) is 3.41. The topological polar surface area (TPSA) is 91.0 Å². The molecule has 1 aliphatic heterocycles. The number of hydrogen-bond acceptors (Lipinski definition) is 6. The molecule has 1 unspecified atom stereocenters. The third-order valence-electron chi connectivity index (χ3n) is 4.41. The lowest BCUT2D eigenvalue weighted by Crippen LogP contribution is -2.30. The second kappa shape index (κ2) is 6.77. The van der Waals surface area contributed by atoms with Gasteiger partial charge in [0.05, 0.1) is 24.4 Å². The van der Waals surface area contributed by atoms with Gasteiger partial charge in [0.2, 0.25) is 5.78 Å². The summed E-state index contributed by atoms with van der Waals surface area (Å²) in [6.45, 7) is 0.251. The number of phenolic OH excluding ortho intramolecular Hbond substituents is 1. The molecule has 3 aromatic rings.